The first-order valence-electron chi connectivity index (χ1n) is 6.85. The zero-order valence-corrected chi connectivity index (χ0v) is 15.0. The van der Waals surface area contributed by atoms with E-state index >= 15 is 0 Å². The summed E-state index contributed by atoms with van der Waals surface area (Å²) in [7, 11) is 0. The predicted octanol–water partition coefficient (Wildman–Crippen LogP) is 6.40. The van der Waals surface area contributed by atoms with Gasteiger partial charge in [0.2, 0.25) is 0 Å². The number of thiophene rings is 1. The quantitative estimate of drug-likeness (QED) is 0.391. The van der Waals surface area contributed by atoms with E-state index in [0.717, 1.165) is 5.56 Å². The lowest BCUT2D eigenvalue weighted by molar-refractivity contribution is 0.620. The molecule has 1 aliphatic rings. The zero-order valence-electron chi connectivity index (χ0n) is 11.0. The first-order chi connectivity index (χ1) is 9.65. The lowest BCUT2D eigenvalue weighted by atomic mass is 10.1. The van der Waals surface area contributed by atoms with E-state index in [0.29, 0.717) is 4.47 Å². The molecule has 1 aliphatic carbocycles. The Balaban J connectivity index is 1.90. The van der Waals surface area contributed by atoms with E-state index in [-0.39, 0.29) is 10.6 Å². The first kappa shape index (κ1) is 14.7. The van der Waals surface area contributed by atoms with Crippen molar-refractivity contribution in [1.82, 2.24) is 0 Å². The summed E-state index contributed by atoms with van der Waals surface area (Å²) < 4.78 is 13.9. The van der Waals surface area contributed by atoms with Gasteiger partial charge in [-0.25, -0.2) is 4.39 Å². The molecule has 1 aromatic carbocycles. The Labute approximate surface area is 139 Å². The fourth-order valence-corrected chi connectivity index (χ4v) is 5.01. The van der Waals surface area contributed by atoms with E-state index in [1.807, 2.05) is 23.5 Å². The number of fused-ring (bicyclic) bond motifs is 1. The van der Waals surface area contributed by atoms with Crippen molar-refractivity contribution < 1.29 is 4.39 Å². The predicted molar refractivity (Wildman–Crippen MR) is 90.4 cm³/mol. The van der Waals surface area contributed by atoms with E-state index < -0.39 is 0 Å². The standard InChI is InChI=1S/C16H15Br2FS/c17-12-8-11(6-7-13(12)19)16(18)15-9-10-4-2-1-3-5-14(10)20-15/h6-9,16H,1-5H2. The Morgan fingerprint density at radius 1 is 1.10 bits per heavy atom. The van der Waals surface area contributed by atoms with E-state index in [9.17, 15) is 4.39 Å². The molecule has 0 saturated heterocycles. The Morgan fingerprint density at radius 3 is 2.70 bits per heavy atom. The molecule has 0 amide bonds. The van der Waals surface area contributed by atoms with Crippen molar-refractivity contribution in [1.29, 1.82) is 0 Å². The molecule has 0 bridgehead atoms. The summed E-state index contributed by atoms with van der Waals surface area (Å²) >= 11 is 8.93. The van der Waals surface area contributed by atoms with Crippen molar-refractivity contribution in [3.63, 3.8) is 0 Å². The molecule has 0 saturated carbocycles. The van der Waals surface area contributed by atoms with E-state index in [4.69, 9.17) is 0 Å². The summed E-state index contributed by atoms with van der Waals surface area (Å²) in [4.78, 5) is 3.02. The van der Waals surface area contributed by atoms with Gasteiger partial charge in [-0.3, -0.25) is 0 Å². The molecule has 0 radical (unpaired) electrons. The molecule has 0 N–H and O–H groups in total. The average Bonchev–Trinajstić information content (AvgIpc) is 2.72. The maximum absolute atomic E-state index is 13.3. The van der Waals surface area contributed by atoms with Crippen LogP contribution in [-0.2, 0) is 12.8 Å². The summed E-state index contributed by atoms with van der Waals surface area (Å²) in [6, 6.07) is 7.57. The second kappa shape index (κ2) is 6.29. The summed E-state index contributed by atoms with van der Waals surface area (Å²) in [6.07, 6.45) is 6.38. The second-order valence-electron chi connectivity index (χ2n) is 5.19. The smallest absolute Gasteiger partial charge is 0.137 e. The van der Waals surface area contributed by atoms with Gasteiger partial charge in [0, 0.05) is 9.75 Å². The third-order valence-electron chi connectivity index (χ3n) is 3.75. The number of aryl methyl sites for hydroxylation is 2. The van der Waals surface area contributed by atoms with Crippen LogP contribution >= 0.6 is 43.2 Å². The largest absolute Gasteiger partial charge is 0.206 e. The van der Waals surface area contributed by atoms with Crippen LogP contribution < -0.4 is 0 Å². The Bertz CT molecular complexity index is 597. The van der Waals surface area contributed by atoms with Crippen LogP contribution in [0.15, 0.2) is 28.7 Å². The molecule has 1 aromatic heterocycles. The normalized spacial score (nSPS) is 16.6. The van der Waals surface area contributed by atoms with Crippen molar-refractivity contribution >= 4 is 43.2 Å². The highest BCUT2D eigenvalue weighted by Gasteiger charge is 2.18. The summed E-state index contributed by atoms with van der Waals surface area (Å²) in [5.41, 5.74) is 2.61. The second-order valence-corrected chi connectivity index (χ2v) is 8.13. The molecule has 0 nitrogen and oxygen atoms in total. The molecule has 1 atom stereocenters. The minimum Gasteiger partial charge on any atom is -0.206 e. The lowest BCUT2D eigenvalue weighted by Crippen LogP contribution is -1.91. The highest BCUT2D eigenvalue weighted by atomic mass is 79.9. The molecule has 1 heterocycles. The third kappa shape index (κ3) is 3.02. The van der Waals surface area contributed by atoms with Crippen LogP contribution in [0, 0.1) is 5.82 Å². The van der Waals surface area contributed by atoms with Crippen LogP contribution in [0.1, 0.15) is 45.0 Å². The third-order valence-corrected chi connectivity index (χ3v) is 6.99. The van der Waals surface area contributed by atoms with Gasteiger partial charge in [-0.2, -0.15) is 0 Å². The maximum atomic E-state index is 13.3. The first-order valence-corrected chi connectivity index (χ1v) is 9.38. The van der Waals surface area contributed by atoms with Crippen LogP contribution in [0.3, 0.4) is 0 Å². The van der Waals surface area contributed by atoms with Crippen molar-refractivity contribution in [2.24, 2.45) is 0 Å². The maximum Gasteiger partial charge on any atom is 0.137 e. The van der Waals surface area contributed by atoms with Gasteiger partial charge in [0.1, 0.15) is 5.82 Å². The summed E-state index contributed by atoms with van der Waals surface area (Å²) in [5, 5.41) is 0. The lowest BCUT2D eigenvalue weighted by Gasteiger charge is -2.09. The average molecular weight is 418 g/mol. The molecule has 2 aromatic rings. The van der Waals surface area contributed by atoms with Crippen molar-refractivity contribution in [3.05, 3.63) is 55.4 Å². The van der Waals surface area contributed by atoms with Gasteiger partial charge in [-0.15, -0.1) is 11.3 Å². The van der Waals surface area contributed by atoms with E-state index in [1.54, 1.807) is 4.88 Å². The molecule has 0 fully saturated rings. The van der Waals surface area contributed by atoms with Crippen molar-refractivity contribution in [3.8, 4) is 0 Å². The molecule has 3 rings (SSSR count). The van der Waals surface area contributed by atoms with Crippen LogP contribution in [0.2, 0.25) is 0 Å². The fourth-order valence-electron chi connectivity index (χ4n) is 2.65. The van der Waals surface area contributed by atoms with Crippen LogP contribution in [-0.4, -0.2) is 0 Å². The number of alkyl halides is 1. The molecule has 20 heavy (non-hydrogen) atoms. The summed E-state index contributed by atoms with van der Waals surface area (Å²) in [6.45, 7) is 0. The highest BCUT2D eigenvalue weighted by Crippen LogP contribution is 2.39. The topological polar surface area (TPSA) is 0 Å². The van der Waals surface area contributed by atoms with Gasteiger partial charge < -0.3 is 0 Å². The minimum absolute atomic E-state index is 0.149. The number of halogens is 3. The van der Waals surface area contributed by atoms with Gasteiger partial charge in [-0.05, 0) is 70.9 Å². The molecule has 0 spiro atoms. The molecule has 0 aliphatic heterocycles. The monoisotopic (exact) mass is 416 g/mol. The number of hydrogen-bond donors (Lipinski definition) is 0. The minimum atomic E-state index is -0.213. The fraction of sp³-hybridized carbons (Fsp3) is 0.375. The molecule has 4 heteroatoms. The van der Waals surface area contributed by atoms with Gasteiger partial charge >= 0.3 is 0 Å². The van der Waals surface area contributed by atoms with Gasteiger partial charge in [0.15, 0.2) is 0 Å². The van der Waals surface area contributed by atoms with Gasteiger partial charge in [-0.1, -0.05) is 28.4 Å². The van der Waals surface area contributed by atoms with E-state index in [1.165, 1.54) is 48.6 Å². The zero-order chi connectivity index (χ0) is 14.1. The number of rotatable bonds is 2. The molecule has 106 valence electrons. The Hall–Kier alpha value is -0.190. The molecule has 1 unspecified atom stereocenters. The Morgan fingerprint density at radius 2 is 1.90 bits per heavy atom. The number of benzene rings is 1. The van der Waals surface area contributed by atoms with Crippen LogP contribution in [0.5, 0.6) is 0 Å². The van der Waals surface area contributed by atoms with Crippen molar-refractivity contribution in [2.45, 2.75) is 36.9 Å². The van der Waals surface area contributed by atoms with Crippen LogP contribution in [0.25, 0.3) is 0 Å². The van der Waals surface area contributed by atoms with Gasteiger partial charge in [0.05, 0.1) is 9.30 Å². The molecular formula is C16H15Br2FS. The SMILES string of the molecule is Fc1ccc(C(Br)c2cc3c(s2)CCCCC3)cc1Br. The van der Waals surface area contributed by atoms with Crippen molar-refractivity contribution in [2.75, 3.05) is 0 Å². The molecular weight excluding hydrogens is 403 g/mol. The van der Waals surface area contributed by atoms with Crippen LogP contribution in [0.4, 0.5) is 4.39 Å². The summed E-state index contributed by atoms with van der Waals surface area (Å²) in [5.74, 6) is -0.213. The number of hydrogen-bond acceptors (Lipinski definition) is 1. The van der Waals surface area contributed by atoms with Gasteiger partial charge in [0.25, 0.3) is 0 Å². The Kier molecular flexibility index (Phi) is 4.63. The van der Waals surface area contributed by atoms with E-state index in [2.05, 4.69) is 37.9 Å². The highest BCUT2D eigenvalue weighted by molar-refractivity contribution is 9.10.